The number of imidazole rings is 1. The molecule has 0 amide bonds. The second-order valence-corrected chi connectivity index (χ2v) is 5.13. The average Bonchev–Trinajstić information content (AvgIpc) is 2.59. The summed E-state index contributed by atoms with van der Waals surface area (Å²) in [6, 6.07) is 0.373. The number of esters is 1. The number of hydrogen-bond donors (Lipinski definition) is 1. The molecule has 0 bridgehead atoms. The van der Waals surface area contributed by atoms with Crippen LogP contribution >= 0.6 is 0 Å². The zero-order chi connectivity index (χ0) is 13.8. The molecule has 1 aromatic rings. The minimum Gasteiger partial charge on any atom is -0.461 e. The van der Waals surface area contributed by atoms with Gasteiger partial charge < -0.3 is 15.0 Å². The maximum atomic E-state index is 11.8. The Kier molecular flexibility index (Phi) is 4.45. The van der Waals surface area contributed by atoms with Gasteiger partial charge in [-0.1, -0.05) is 25.7 Å². The number of carbonyl (C=O) groups is 1. The second kappa shape index (κ2) is 6.08. The van der Waals surface area contributed by atoms with Crippen LogP contribution in [0.25, 0.3) is 0 Å². The summed E-state index contributed by atoms with van der Waals surface area (Å²) in [6.45, 7) is 4.03. The first-order valence-electron chi connectivity index (χ1n) is 7.16. The van der Waals surface area contributed by atoms with Crippen molar-refractivity contribution >= 4 is 11.8 Å². The summed E-state index contributed by atoms with van der Waals surface area (Å²) in [4.78, 5) is 16.1. The molecular weight excluding hydrogens is 242 g/mol. The maximum absolute atomic E-state index is 11.8. The number of aromatic nitrogens is 2. The zero-order valence-electron chi connectivity index (χ0n) is 11.8. The summed E-state index contributed by atoms with van der Waals surface area (Å²) in [6.07, 6.45) is 7.24. The molecule has 0 spiro atoms. The van der Waals surface area contributed by atoms with Crippen LogP contribution in [0.3, 0.4) is 0 Å². The summed E-state index contributed by atoms with van der Waals surface area (Å²) in [5.74, 6) is 0.853. The Bertz CT molecular complexity index is 446. The van der Waals surface area contributed by atoms with E-state index in [-0.39, 0.29) is 5.69 Å². The van der Waals surface area contributed by atoms with E-state index in [1.165, 1.54) is 25.7 Å². The van der Waals surface area contributed by atoms with Gasteiger partial charge in [0.2, 0.25) is 0 Å². The van der Waals surface area contributed by atoms with Crippen LogP contribution in [-0.2, 0) is 4.74 Å². The molecule has 1 aromatic heterocycles. The van der Waals surface area contributed by atoms with Gasteiger partial charge in [0, 0.05) is 6.04 Å². The van der Waals surface area contributed by atoms with Gasteiger partial charge in [-0.3, -0.25) is 0 Å². The summed E-state index contributed by atoms with van der Waals surface area (Å²) in [5, 5.41) is 0. The highest BCUT2D eigenvalue weighted by molar-refractivity contribution is 5.92. The van der Waals surface area contributed by atoms with Crippen molar-refractivity contribution in [2.45, 2.75) is 58.4 Å². The molecule has 0 radical (unpaired) electrons. The Morgan fingerprint density at radius 2 is 2.00 bits per heavy atom. The van der Waals surface area contributed by atoms with E-state index in [4.69, 9.17) is 10.5 Å². The molecule has 0 atom stereocenters. The minimum atomic E-state index is -0.421. The number of nitrogens with zero attached hydrogens (tertiary/aromatic N) is 2. The molecule has 19 heavy (non-hydrogen) atoms. The van der Waals surface area contributed by atoms with E-state index in [0.29, 0.717) is 18.5 Å². The lowest BCUT2D eigenvalue weighted by Gasteiger charge is -2.19. The highest BCUT2D eigenvalue weighted by Crippen LogP contribution is 2.31. The van der Waals surface area contributed by atoms with Crippen LogP contribution in [0.2, 0.25) is 0 Å². The van der Waals surface area contributed by atoms with E-state index in [1.807, 2.05) is 11.5 Å². The van der Waals surface area contributed by atoms with Gasteiger partial charge >= 0.3 is 5.97 Å². The SMILES string of the molecule is CCOC(=O)c1nc(C)n(C2CCCCCC2)c1N. The van der Waals surface area contributed by atoms with E-state index in [1.54, 1.807) is 6.92 Å². The van der Waals surface area contributed by atoms with Crippen molar-refractivity contribution in [1.82, 2.24) is 9.55 Å². The second-order valence-electron chi connectivity index (χ2n) is 5.13. The van der Waals surface area contributed by atoms with Crippen molar-refractivity contribution in [3.8, 4) is 0 Å². The fourth-order valence-corrected chi connectivity index (χ4v) is 2.89. The monoisotopic (exact) mass is 265 g/mol. The molecule has 106 valence electrons. The van der Waals surface area contributed by atoms with Gasteiger partial charge in [-0.15, -0.1) is 0 Å². The standard InChI is InChI=1S/C14H23N3O2/c1-3-19-14(18)12-13(15)17(10(2)16-12)11-8-6-4-5-7-9-11/h11H,3-9,15H2,1-2H3. The largest absolute Gasteiger partial charge is 0.461 e. The zero-order valence-corrected chi connectivity index (χ0v) is 11.8. The molecule has 1 aliphatic carbocycles. The van der Waals surface area contributed by atoms with Crippen molar-refractivity contribution in [3.63, 3.8) is 0 Å². The fourth-order valence-electron chi connectivity index (χ4n) is 2.89. The molecule has 1 saturated carbocycles. The third-order valence-electron chi connectivity index (χ3n) is 3.78. The van der Waals surface area contributed by atoms with Gasteiger partial charge in [0.15, 0.2) is 5.69 Å². The van der Waals surface area contributed by atoms with E-state index < -0.39 is 5.97 Å². The lowest BCUT2D eigenvalue weighted by Crippen LogP contribution is -2.14. The van der Waals surface area contributed by atoms with Crippen LogP contribution in [0.15, 0.2) is 0 Å². The van der Waals surface area contributed by atoms with E-state index in [2.05, 4.69) is 4.98 Å². The molecule has 0 unspecified atom stereocenters. The summed E-state index contributed by atoms with van der Waals surface area (Å²) < 4.78 is 7.02. The number of rotatable bonds is 3. The minimum absolute atomic E-state index is 0.267. The van der Waals surface area contributed by atoms with E-state index >= 15 is 0 Å². The molecule has 0 aliphatic heterocycles. The van der Waals surface area contributed by atoms with Crippen LogP contribution in [0.1, 0.15) is 67.8 Å². The van der Waals surface area contributed by atoms with E-state index in [9.17, 15) is 4.79 Å². The number of nitrogens with two attached hydrogens (primary N) is 1. The number of ether oxygens (including phenoxy) is 1. The topological polar surface area (TPSA) is 70.1 Å². The predicted molar refractivity (Wildman–Crippen MR) is 74.1 cm³/mol. The van der Waals surface area contributed by atoms with Crippen LogP contribution in [0.4, 0.5) is 5.82 Å². The molecule has 1 aliphatic rings. The molecule has 5 nitrogen and oxygen atoms in total. The average molecular weight is 265 g/mol. The Balaban J connectivity index is 2.27. The first-order valence-corrected chi connectivity index (χ1v) is 7.16. The number of aryl methyl sites for hydroxylation is 1. The Labute approximate surface area is 114 Å². The van der Waals surface area contributed by atoms with Gasteiger partial charge in [0.25, 0.3) is 0 Å². The molecule has 0 saturated heterocycles. The Morgan fingerprint density at radius 1 is 1.37 bits per heavy atom. The van der Waals surface area contributed by atoms with E-state index in [0.717, 1.165) is 18.7 Å². The Morgan fingerprint density at radius 3 is 2.58 bits per heavy atom. The normalized spacial score (nSPS) is 17.2. The third-order valence-corrected chi connectivity index (χ3v) is 3.78. The Hall–Kier alpha value is -1.52. The number of nitrogen functional groups attached to an aromatic ring is 1. The molecule has 5 heteroatoms. The van der Waals surface area contributed by atoms with Crippen molar-refractivity contribution in [2.24, 2.45) is 0 Å². The highest BCUT2D eigenvalue weighted by Gasteiger charge is 2.24. The molecule has 0 aromatic carbocycles. The van der Waals surface area contributed by atoms with Crippen molar-refractivity contribution in [3.05, 3.63) is 11.5 Å². The lowest BCUT2D eigenvalue weighted by atomic mass is 10.1. The van der Waals surface area contributed by atoms with Crippen LogP contribution in [-0.4, -0.2) is 22.1 Å². The van der Waals surface area contributed by atoms with Gasteiger partial charge in [0.05, 0.1) is 6.61 Å². The number of anilines is 1. The predicted octanol–water partition coefficient (Wildman–Crippen LogP) is 2.85. The summed E-state index contributed by atoms with van der Waals surface area (Å²) >= 11 is 0. The fraction of sp³-hybridized carbons (Fsp3) is 0.714. The summed E-state index contributed by atoms with van der Waals surface area (Å²) in [5.41, 5.74) is 6.38. The highest BCUT2D eigenvalue weighted by atomic mass is 16.5. The lowest BCUT2D eigenvalue weighted by molar-refractivity contribution is 0.0521. The van der Waals surface area contributed by atoms with Crippen molar-refractivity contribution in [2.75, 3.05) is 12.3 Å². The van der Waals surface area contributed by atoms with Gasteiger partial charge in [-0.05, 0) is 26.7 Å². The molecule has 2 N–H and O–H groups in total. The van der Waals surface area contributed by atoms with Crippen molar-refractivity contribution < 1.29 is 9.53 Å². The van der Waals surface area contributed by atoms with Crippen LogP contribution < -0.4 is 5.73 Å². The van der Waals surface area contributed by atoms with Gasteiger partial charge in [-0.25, -0.2) is 9.78 Å². The first kappa shape index (κ1) is 13.9. The van der Waals surface area contributed by atoms with Gasteiger partial charge in [0.1, 0.15) is 11.6 Å². The third kappa shape index (κ3) is 2.91. The first-order chi connectivity index (χ1) is 9.15. The molecule has 2 rings (SSSR count). The van der Waals surface area contributed by atoms with Crippen molar-refractivity contribution in [1.29, 1.82) is 0 Å². The maximum Gasteiger partial charge on any atom is 0.360 e. The number of carbonyl (C=O) groups excluding carboxylic acids is 1. The quantitative estimate of drug-likeness (QED) is 0.674. The summed E-state index contributed by atoms with van der Waals surface area (Å²) in [7, 11) is 0. The van der Waals surface area contributed by atoms with Crippen LogP contribution in [0.5, 0.6) is 0 Å². The molecule has 1 fully saturated rings. The number of hydrogen-bond acceptors (Lipinski definition) is 4. The molecular formula is C14H23N3O2. The van der Waals surface area contributed by atoms with Crippen LogP contribution in [0, 0.1) is 6.92 Å². The smallest absolute Gasteiger partial charge is 0.360 e. The molecule has 1 heterocycles. The van der Waals surface area contributed by atoms with Gasteiger partial charge in [-0.2, -0.15) is 0 Å².